The Hall–Kier alpha value is -1.32. The highest BCUT2D eigenvalue weighted by Crippen LogP contribution is 1.87. The molecule has 0 fully saturated rings. The van der Waals surface area contributed by atoms with Gasteiger partial charge in [0.05, 0.1) is 18.7 Å². The van der Waals surface area contributed by atoms with E-state index in [0.717, 1.165) is 19.5 Å². The predicted molar refractivity (Wildman–Crippen MR) is 49.2 cm³/mol. The van der Waals surface area contributed by atoms with Gasteiger partial charge >= 0.3 is 0 Å². The van der Waals surface area contributed by atoms with Crippen molar-refractivity contribution in [2.45, 2.75) is 13.3 Å². The summed E-state index contributed by atoms with van der Waals surface area (Å²) >= 11 is 0. The molecule has 1 aromatic heterocycles. The third kappa shape index (κ3) is 3.18. The van der Waals surface area contributed by atoms with Gasteiger partial charge in [-0.3, -0.25) is 4.99 Å². The molecular formula is C8H14N4. The van der Waals surface area contributed by atoms with Crippen molar-refractivity contribution in [1.29, 1.82) is 0 Å². The van der Waals surface area contributed by atoms with Crippen LogP contribution in [0.5, 0.6) is 0 Å². The molecule has 2 rings (SSSR count). The first-order chi connectivity index (χ1) is 5.93. The zero-order valence-corrected chi connectivity index (χ0v) is 7.25. The largest absolute Gasteiger partial charge is 0.372 e. The van der Waals surface area contributed by atoms with Crippen LogP contribution in [0.15, 0.2) is 23.7 Å². The molecule has 0 unspecified atom stereocenters. The fourth-order valence-corrected chi connectivity index (χ4v) is 0.899. The van der Waals surface area contributed by atoms with Crippen molar-refractivity contribution in [3.8, 4) is 0 Å². The second kappa shape index (κ2) is 5.35. The van der Waals surface area contributed by atoms with Gasteiger partial charge in [0.25, 0.3) is 0 Å². The van der Waals surface area contributed by atoms with Crippen LogP contribution in [-0.2, 0) is 0 Å². The van der Waals surface area contributed by atoms with Gasteiger partial charge in [-0.15, -0.1) is 0 Å². The molecule has 4 heteroatoms. The highest BCUT2D eigenvalue weighted by molar-refractivity contribution is 5.83. The van der Waals surface area contributed by atoms with Gasteiger partial charge in [0, 0.05) is 25.4 Å². The molecule has 0 bridgehead atoms. The summed E-state index contributed by atoms with van der Waals surface area (Å²) in [5, 5.41) is 3.16. The number of aliphatic imine (C=N–C) groups is 1. The minimum absolute atomic E-state index is 0.975. The predicted octanol–water partition coefficient (Wildman–Crippen LogP) is 0.808. The van der Waals surface area contributed by atoms with Crippen LogP contribution in [0.4, 0.5) is 0 Å². The molecule has 1 aliphatic rings. The first kappa shape index (κ1) is 8.77. The molecule has 0 radical (unpaired) electrons. The standard InChI is InChI=1S/C5H10N2.C3H4N2/c1-2-5-6-3-4-7-5;1-2-5-3-4-1/h2-4H2,1H3,(H,6,7);1-3H,(H,4,5). The highest BCUT2D eigenvalue weighted by Gasteiger charge is 1.98. The SMILES string of the molecule is CCC1=NCCN1.c1c[nH]cn1. The van der Waals surface area contributed by atoms with Gasteiger partial charge in [0.15, 0.2) is 0 Å². The van der Waals surface area contributed by atoms with Gasteiger partial charge in [0.1, 0.15) is 0 Å². The summed E-state index contributed by atoms with van der Waals surface area (Å²) in [6, 6.07) is 0. The molecule has 1 aromatic rings. The van der Waals surface area contributed by atoms with Crippen molar-refractivity contribution < 1.29 is 0 Å². The minimum Gasteiger partial charge on any atom is -0.372 e. The Morgan fingerprint density at radius 1 is 1.58 bits per heavy atom. The monoisotopic (exact) mass is 166 g/mol. The van der Waals surface area contributed by atoms with E-state index in [1.54, 1.807) is 18.7 Å². The van der Waals surface area contributed by atoms with Crippen LogP contribution in [0.25, 0.3) is 0 Å². The Labute approximate surface area is 72.1 Å². The molecule has 66 valence electrons. The van der Waals surface area contributed by atoms with E-state index in [-0.39, 0.29) is 0 Å². The molecule has 12 heavy (non-hydrogen) atoms. The molecule has 2 heterocycles. The summed E-state index contributed by atoms with van der Waals surface area (Å²) < 4.78 is 0. The third-order valence-electron chi connectivity index (χ3n) is 1.48. The van der Waals surface area contributed by atoms with Gasteiger partial charge < -0.3 is 10.3 Å². The van der Waals surface area contributed by atoms with Gasteiger partial charge in [-0.2, -0.15) is 0 Å². The average Bonchev–Trinajstić information content (AvgIpc) is 2.81. The summed E-state index contributed by atoms with van der Waals surface area (Å²) in [7, 11) is 0. The first-order valence-electron chi connectivity index (χ1n) is 4.13. The number of nitrogens with zero attached hydrogens (tertiary/aromatic N) is 2. The third-order valence-corrected chi connectivity index (χ3v) is 1.48. The molecule has 0 aromatic carbocycles. The zero-order chi connectivity index (χ0) is 8.65. The second-order valence-electron chi connectivity index (χ2n) is 2.37. The summed E-state index contributed by atoms with van der Waals surface area (Å²) in [4.78, 5) is 10.6. The number of amidine groups is 1. The topological polar surface area (TPSA) is 53.1 Å². The van der Waals surface area contributed by atoms with Crippen molar-refractivity contribution in [3.63, 3.8) is 0 Å². The maximum atomic E-state index is 4.16. The molecule has 0 atom stereocenters. The van der Waals surface area contributed by atoms with Crippen molar-refractivity contribution in [2.75, 3.05) is 13.1 Å². The number of aromatic amines is 1. The number of imidazole rings is 1. The van der Waals surface area contributed by atoms with Crippen molar-refractivity contribution in [2.24, 2.45) is 4.99 Å². The second-order valence-corrected chi connectivity index (χ2v) is 2.37. The summed E-state index contributed by atoms with van der Waals surface area (Å²) in [5.41, 5.74) is 0. The van der Waals surface area contributed by atoms with Crippen LogP contribution in [0, 0.1) is 0 Å². The van der Waals surface area contributed by atoms with E-state index in [1.807, 2.05) is 0 Å². The van der Waals surface area contributed by atoms with Crippen LogP contribution in [0.2, 0.25) is 0 Å². The highest BCUT2D eigenvalue weighted by atomic mass is 15.1. The number of aromatic nitrogens is 2. The molecular weight excluding hydrogens is 152 g/mol. The van der Waals surface area contributed by atoms with E-state index >= 15 is 0 Å². The molecule has 4 nitrogen and oxygen atoms in total. The maximum Gasteiger partial charge on any atom is 0.0961 e. The Morgan fingerprint density at radius 3 is 2.75 bits per heavy atom. The normalized spacial score (nSPS) is 14.2. The number of hydrogen-bond donors (Lipinski definition) is 2. The molecule has 2 N–H and O–H groups in total. The fourth-order valence-electron chi connectivity index (χ4n) is 0.899. The lowest BCUT2D eigenvalue weighted by Gasteiger charge is -1.91. The summed E-state index contributed by atoms with van der Waals surface area (Å²) in [5.74, 6) is 1.17. The molecule has 0 aliphatic carbocycles. The number of H-pyrrole nitrogens is 1. The molecule has 0 saturated carbocycles. The van der Waals surface area contributed by atoms with Crippen molar-refractivity contribution in [1.82, 2.24) is 15.3 Å². The lowest BCUT2D eigenvalue weighted by molar-refractivity contribution is 0.951. The summed E-state index contributed by atoms with van der Waals surface area (Å²) in [6.07, 6.45) is 6.14. The van der Waals surface area contributed by atoms with Gasteiger partial charge in [0.2, 0.25) is 0 Å². The zero-order valence-electron chi connectivity index (χ0n) is 7.25. The van der Waals surface area contributed by atoms with E-state index in [0.29, 0.717) is 0 Å². The van der Waals surface area contributed by atoms with E-state index in [4.69, 9.17) is 0 Å². The quantitative estimate of drug-likeness (QED) is 0.648. The lowest BCUT2D eigenvalue weighted by atomic mass is 10.4. The minimum atomic E-state index is 0.975. The van der Waals surface area contributed by atoms with Crippen LogP contribution in [-0.4, -0.2) is 28.9 Å². The lowest BCUT2D eigenvalue weighted by Crippen LogP contribution is -2.16. The number of rotatable bonds is 1. The van der Waals surface area contributed by atoms with E-state index < -0.39 is 0 Å². The average molecular weight is 166 g/mol. The number of nitrogens with one attached hydrogen (secondary N) is 2. The maximum absolute atomic E-state index is 4.16. The van der Waals surface area contributed by atoms with E-state index in [9.17, 15) is 0 Å². The Morgan fingerprint density at radius 2 is 2.50 bits per heavy atom. The fraction of sp³-hybridized carbons (Fsp3) is 0.500. The van der Waals surface area contributed by atoms with Gasteiger partial charge in [-0.1, -0.05) is 6.92 Å². The Bertz CT molecular complexity index is 198. The Balaban J connectivity index is 0.000000127. The van der Waals surface area contributed by atoms with Gasteiger partial charge in [-0.25, -0.2) is 4.98 Å². The molecule has 0 spiro atoms. The smallest absolute Gasteiger partial charge is 0.0961 e. The van der Waals surface area contributed by atoms with Crippen LogP contribution < -0.4 is 5.32 Å². The van der Waals surface area contributed by atoms with Crippen LogP contribution in [0.1, 0.15) is 13.3 Å². The Kier molecular flexibility index (Phi) is 3.91. The van der Waals surface area contributed by atoms with Crippen molar-refractivity contribution >= 4 is 5.84 Å². The first-order valence-corrected chi connectivity index (χ1v) is 4.13. The number of hydrogen-bond acceptors (Lipinski definition) is 3. The summed E-state index contributed by atoms with van der Waals surface area (Å²) in [6.45, 7) is 4.13. The van der Waals surface area contributed by atoms with Crippen LogP contribution in [0.3, 0.4) is 0 Å². The van der Waals surface area contributed by atoms with Crippen molar-refractivity contribution in [3.05, 3.63) is 18.7 Å². The molecule has 0 amide bonds. The van der Waals surface area contributed by atoms with Crippen LogP contribution >= 0.6 is 0 Å². The van der Waals surface area contributed by atoms with E-state index in [2.05, 4.69) is 27.2 Å². The molecule has 1 aliphatic heterocycles. The van der Waals surface area contributed by atoms with Gasteiger partial charge in [-0.05, 0) is 0 Å². The molecule has 0 saturated heterocycles. The van der Waals surface area contributed by atoms with E-state index in [1.165, 1.54) is 5.84 Å².